The van der Waals surface area contributed by atoms with Crippen molar-refractivity contribution in [2.75, 3.05) is 31.1 Å². The number of rotatable bonds is 10. The van der Waals surface area contributed by atoms with Crippen molar-refractivity contribution in [3.05, 3.63) is 77.5 Å². The van der Waals surface area contributed by atoms with Gasteiger partial charge in [0.15, 0.2) is 0 Å². The van der Waals surface area contributed by atoms with Gasteiger partial charge in [-0.25, -0.2) is 13.2 Å². The first-order valence-corrected chi connectivity index (χ1v) is 16.4. The van der Waals surface area contributed by atoms with Gasteiger partial charge < -0.3 is 26.4 Å². The number of benzene rings is 2. The zero-order valence-corrected chi connectivity index (χ0v) is 24.6. The fourth-order valence-electron chi connectivity index (χ4n) is 6.20. The summed E-state index contributed by atoms with van der Waals surface area (Å²) < 4.78 is 35.3. The van der Waals surface area contributed by atoms with E-state index in [0.29, 0.717) is 18.0 Å². The number of amides is 2. The SMILES string of the molecule is NCc1ccc(N2C=C3C=C(c4ccc(S(=O)(=O)N(CCCC5CCCO5)C5CCNCC5)cc4)NC3NC2=O)cc1. The van der Waals surface area contributed by atoms with Gasteiger partial charge in [0.05, 0.1) is 16.7 Å². The first kappa shape index (κ1) is 28.9. The molecule has 0 radical (unpaired) electrons. The Morgan fingerprint density at radius 2 is 1.76 bits per heavy atom. The molecule has 4 aliphatic heterocycles. The van der Waals surface area contributed by atoms with Gasteiger partial charge in [0, 0.05) is 43.2 Å². The first-order chi connectivity index (χ1) is 20.4. The number of hydrogen-bond acceptors (Lipinski definition) is 7. The predicted octanol–water partition coefficient (Wildman–Crippen LogP) is 3.23. The lowest BCUT2D eigenvalue weighted by Gasteiger charge is -2.34. The molecule has 0 aliphatic carbocycles. The van der Waals surface area contributed by atoms with Crippen LogP contribution in [0.15, 0.2) is 71.3 Å². The molecule has 2 aromatic rings. The molecule has 2 saturated heterocycles. The fraction of sp³-hybridized carbons (Fsp3) is 0.452. The van der Waals surface area contributed by atoms with Gasteiger partial charge in [-0.05, 0) is 93.1 Å². The van der Waals surface area contributed by atoms with Crippen LogP contribution in [0.5, 0.6) is 0 Å². The lowest BCUT2D eigenvalue weighted by Crippen LogP contribution is -2.51. The van der Waals surface area contributed by atoms with Gasteiger partial charge >= 0.3 is 6.03 Å². The Hall–Kier alpha value is -3.22. The van der Waals surface area contributed by atoms with Crippen LogP contribution in [0.2, 0.25) is 0 Å². The number of carbonyl (C=O) groups excluding carboxylic acids is 1. The van der Waals surface area contributed by atoms with E-state index in [0.717, 1.165) is 86.3 Å². The molecule has 4 heterocycles. The van der Waals surface area contributed by atoms with Crippen molar-refractivity contribution in [2.45, 2.75) is 68.3 Å². The molecule has 2 atom stereocenters. The number of sulfonamides is 1. The van der Waals surface area contributed by atoms with E-state index in [1.165, 1.54) is 0 Å². The van der Waals surface area contributed by atoms with Gasteiger partial charge in [0.25, 0.3) is 0 Å². The summed E-state index contributed by atoms with van der Waals surface area (Å²) in [6.07, 6.45) is 9.16. The van der Waals surface area contributed by atoms with Crippen LogP contribution in [0, 0.1) is 0 Å². The maximum atomic E-state index is 13.9. The Morgan fingerprint density at radius 3 is 2.45 bits per heavy atom. The second-order valence-electron chi connectivity index (χ2n) is 11.4. The number of nitrogens with zero attached hydrogens (tertiary/aromatic N) is 2. The Kier molecular flexibility index (Phi) is 8.64. The number of piperidine rings is 1. The highest BCUT2D eigenvalue weighted by Gasteiger charge is 2.34. The highest BCUT2D eigenvalue weighted by atomic mass is 32.2. The van der Waals surface area contributed by atoms with Crippen LogP contribution in [-0.2, 0) is 21.3 Å². The van der Waals surface area contributed by atoms with Crippen molar-refractivity contribution in [1.82, 2.24) is 20.3 Å². The van der Waals surface area contributed by atoms with E-state index in [1.54, 1.807) is 21.3 Å². The molecule has 2 unspecified atom stereocenters. The zero-order valence-electron chi connectivity index (χ0n) is 23.8. The van der Waals surface area contributed by atoms with Crippen molar-refractivity contribution < 1.29 is 17.9 Å². The van der Waals surface area contributed by atoms with Crippen molar-refractivity contribution in [3.63, 3.8) is 0 Å². The standard InChI is InChI=1S/C31H40N6O4S/c32-20-22-5-9-25(10-6-22)36-21-24-19-29(34-30(24)35-31(36)38)23-7-11-28(12-8-23)42(39,40)37(26-13-15-33-16-14-26)17-1-3-27-4-2-18-41-27/h5-12,19,21,26-27,30,33-34H,1-4,13-18,20,32H2,(H,35,38). The smallest absolute Gasteiger partial charge is 0.327 e. The average Bonchev–Trinajstić information content (AvgIpc) is 3.69. The van der Waals surface area contributed by atoms with E-state index in [1.807, 2.05) is 48.7 Å². The maximum Gasteiger partial charge on any atom is 0.327 e. The number of nitrogens with one attached hydrogen (secondary N) is 3. The third-order valence-corrected chi connectivity index (χ3v) is 10.5. The Bertz CT molecular complexity index is 1430. The third kappa shape index (κ3) is 6.11. The fourth-order valence-corrected chi connectivity index (χ4v) is 7.92. The Labute approximate surface area is 248 Å². The summed E-state index contributed by atoms with van der Waals surface area (Å²) >= 11 is 0. The maximum absolute atomic E-state index is 13.9. The second-order valence-corrected chi connectivity index (χ2v) is 13.2. The predicted molar refractivity (Wildman–Crippen MR) is 163 cm³/mol. The van der Waals surface area contributed by atoms with Crippen LogP contribution in [0.4, 0.5) is 10.5 Å². The molecule has 5 N–H and O–H groups in total. The molecule has 224 valence electrons. The first-order valence-electron chi connectivity index (χ1n) is 15.0. The molecule has 4 aliphatic rings. The van der Waals surface area contributed by atoms with Crippen LogP contribution in [0.1, 0.15) is 49.7 Å². The van der Waals surface area contributed by atoms with E-state index < -0.39 is 10.0 Å². The van der Waals surface area contributed by atoms with Crippen molar-refractivity contribution in [2.24, 2.45) is 5.73 Å². The molecule has 2 amide bonds. The summed E-state index contributed by atoms with van der Waals surface area (Å²) in [6.45, 7) is 3.40. The van der Waals surface area contributed by atoms with Gasteiger partial charge in [-0.15, -0.1) is 0 Å². The topological polar surface area (TPSA) is 129 Å². The summed E-state index contributed by atoms with van der Waals surface area (Å²) in [5.41, 5.74) is 10.0. The number of carbonyl (C=O) groups is 1. The number of ether oxygens (including phenoxy) is 1. The van der Waals surface area contributed by atoms with E-state index in [2.05, 4.69) is 16.0 Å². The summed E-state index contributed by atoms with van der Waals surface area (Å²) in [7, 11) is -3.67. The molecule has 0 saturated carbocycles. The highest BCUT2D eigenvalue weighted by molar-refractivity contribution is 7.89. The molecule has 2 aromatic carbocycles. The van der Waals surface area contributed by atoms with Crippen LogP contribution in [0.25, 0.3) is 5.70 Å². The van der Waals surface area contributed by atoms with E-state index in [9.17, 15) is 13.2 Å². The summed E-state index contributed by atoms with van der Waals surface area (Å²) in [5.74, 6) is 0. The lowest BCUT2D eigenvalue weighted by atomic mass is 10.1. The minimum Gasteiger partial charge on any atom is -0.378 e. The van der Waals surface area contributed by atoms with Gasteiger partial charge in [-0.2, -0.15) is 4.31 Å². The van der Waals surface area contributed by atoms with Crippen LogP contribution in [-0.4, -0.2) is 63.3 Å². The molecule has 42 heavy (non-hydrogen) atoms. The van der Waals surface area contributed by atoms with Crippen molar-refractivity contribution >= 4 is 27.4 Å². The van der Waals surface area contributed by atoms with Gasteiger partial charge in [-0.1, -0.05) is 24.3 Å². The minimum absolute atomic E-state index is 0.00671. The highest BCUT2D eigenvalue weighted by Crippen LogP contribution is 2.30. The number of nitrogens with two attached hydrogens (primary N) is 1. The normalized spacial score (nSPS) is 22.9. The van der Waals surface area contributed by atoms with Gasteiger partial charge in [0.2, 0.25) is 10.0 Å². The summed E-state index contributed by atoms with van der Waals surface area (Å²) in [6, 6.07) is 14.4. The van der Waals surface area contributed by atoms with Crippen molar-refractivity contribution in [1.29, 1.82) is 0 Å². The minimum atomic E-state index is -3.67. The quantitative estimate of drug-likeness (QED) is 0.333. The Morgan fingerprint density at radius 1 is 1.00 bits per heavy atom. The molecular formula is C31H40N6O4S. The molecule has 6 rings (SSSR count). The summed E-state index contributed by atoms with van der Waals surface area (Å²) in [4.78, 5) is 14.7. The van der Waals surface area contributed by atoms with Crippen molar-refractivity contribution in [3.8, 4) is 0 Å². The molecule has 10 nitrogen and oxygen atoms in total. The Balaban J connectivity index is 1.18. The van der Waals surface area contributed by atoms with Crippen LogP contribution < -0.4 is 26.6 Å². The number of fused-ring (bicyclic) bond motifs is 1. The molecule has 0 spiro atoms. The number of urea groups is 1. The van der Waals surface area contributed by atoms with E-state index in [4.69, 9.17) is 10.5 Å². The summed E-state index contributed by atoms with van der Waals surface area (Å²) in [5, 5.41) is 9.70. The molecule has 0 bridgehead atoms. The molecule has 11 heteroatoms. The average molecular weight is 593 g/mol. The largest absolute Gasteiger partial charge is 0.378 e. The molecule has 0 aromatic heterocycles. The number of hydrogen-bond donors (Lipinski definition) is 4. The van der Waals surface area contributed by atoms with Gasteiger partial charge in [0.1, 0.15) is 6.17 Å². The number of anilines is 1. The third-order valence-electron chi connectivity index (χ3n) is 8.58. The lowest BCUT2D eigenvalue weighted by molar-refractivity contribution is 0.0997. The molecular weight excluding hydrogens is 552 g/mol. The monoisotopic (exact) mass is 592 g/mol. The van der Waals surface area contributed by atoms with E-state index >= 15 is 0 Å². The zero-order chi connectivity index (χ0) is 29.1. The molecule has 2 fully saturated rings. The van der Waals surface area contributed by atoms with E-state index in [-0.39, 0.29) is 24.3 Å². The second kappa shape index (κ2) is 12.6. The van der Waals surface area contributed by atoms with Crippen LogP contribution in [0.3, 0.4) is 0 Å². The van der Waals surface area contributed by atoms with Crippen LogP contribution >= 0.6 is 0 Å². The van der Waals surface area contributed by atoms with Gasteiger partial charge in [-0.3, -0.25) is 4.90 Å².